The molecule has 10 heteroatoms. The normalized spacial score (nSPS) is 14.2. The third kappa shape index (κ3) is 57.7. The van der Waals surface area contributed by atoms with Gasteiger partial charge >= 0.3 is 5.97 Å². The summed E-state index contributed by atoms with van der Waals surface area (Å²) in [4.78, 5) is 40.0. The van der Waals surface area contributed by atoms with Gasteiger partial charge in [0, 0.05) is 12.8 Å². The van der Waals surface area contributed by atoms with E-state index in [1.54, 1.807) is 0 Å². The second kappa shape index (κ2) is 56.5. The molecule has 0 bridgehead atoms. The highest BCUT2D eigenvalue weighted by Gasteiger charge is 2.27. The van der Waals surface area contributed by atoms with Crippen LogP contribution in [0.1, 0.15) is 278 Å². The molecule has 0 aromatic heterocycles. The minimum Gasteiger partial charge on any atom is -0.756 e. The van der Waals surface area contributed by atoms with E-state index in [-0.39, 0.29) is 24.9 Å². The number of allylic oxidation sites excluding steroid dienone is 13. The van der Waals surface area contributed by atoms with E-state index in [2.05, 4.69) is 99.0 Å². The number of phosphoric acid groups is 1. The van der Waals surface area contributed by atoms with Crippen LogP contribution in [0.25, 0.3) is 0 Å². The highest BCUT2D eigenvalue weighted by atomic mass is 31.2. The molecule has 446 valence electrons. The third-order valence-corrected chi connectivity index (χ3v) is 14.8. The summed E-state index contributed by atoms with van der Waals surface area (Å²) in [6.07, 6.45) is 74.1. The first-order valence-electron chi connectivity index (χ1n) is 31.9. The van der Waals surface area contributed by atoms with Crippen molar-refractivity contribution in [1.82, 2.24) is 5.32 Å². The molecule has 0 fully saturated rings. The predicted molar refractivity (Wildman–Crippen MR) is 330 cm³/mol. The maximum absolute atomic E-state index is 13.5. The van der Waals surface area contributed by atoms with Crippen LogP contribution in [0.15, 0.2) is 85.1 Å². The van der Waals surface area contributed by atoms with Crippen LogP contribution in [-0.2, 0) is 27.9 Å². The fourth-order valence-electron chi connectivity index (χ4n) is 8.94. The van der Waals surface area contributed by atoms with Crippen LogP contribution in [0.4, 0.5) is 0 Å². The van der Waals surface area contributed by atoms with E-state index in [1.165, 1.54) is 122 Å². The molecule has 0 radical (unpaired) electrons. The van der Waals surface area contributed by atoms with Crippen molar-refractivity contribution in [3.05, 3.63) is 85.1 Å². The highest BCUT2D eigenvalue weighted by Crippen LogP contribution is 2.38. The van der Waals surface area contributed by atoms with E-state index in [0.717, 1.165) is 122 Å². The number of hydrogen-bond acceptors (Lipinski definition) is 7. The Morgan fingerprint density at radius 1 is 0.468 bits per heavy atom. The molecule has 0 aromatic rings. The maximum Gasteiger partial charge on any atom is 0.306 e. The minimum absolute atomic E-state index is 0.0277. The molecule has 0 aliphatic rings. The van der Waals surface area contributed by atoms with Crippen molar-refractivity contribution >= 4 is 19.7 Å². The number of rotatable bonds is 57. The molecule has 0 spiro atoms. The summed E-state index contributed by atoms with van der Waals surface area (Å²) in [5, 5.41) is 3.02. The first-order chi connectivity index (χ1) is 37.4. The van der Waals surface area contributed by atoms with Crippen molar-refractivity contribution in [2.75, 3.05) is 40.9 Å². The van der Waals surface area contributed by atoms with Crippen molar-refractivity contribution in [1.29, 1.82) is 0 Å². The zero-order valence-corrected chi connectivity index (χ0v) is 51.8. The smallest absolute Gasteiger partial charge is 0.306 e. The topological polar surface area (TPSA) is 114 Å². The first kappa shape index (κ1) is 74.2. The van der Waals surface area contributed by atoms with Gasteiger partial charge in [-0.1, -0.05) is 267 Å². The molecule has 3 unspecified atom stereocenters. The number of esters is 1. The zero-order valence-electron chi connectivity index (χ0n) is 50.9. The number of ether oxygens (including phenoxy) is 1. The standard InChI is InChI=1S/C67H121N2O7P/c1-7-10-13-16-19-22-25-27-29-30-31-32-33-34-35-36-37-38-40-41-44-47-50-53-56-59-66(70)68-64(63-75-77(72,73)74-62-61-69(4,5)6)65(58-55-52-49-46-43-24-21-18-15-12-9-3)76-67(71)60-57-54-51-48-45-42-39-28-26-23-20-17-14-11-8-2/h10,13,19,22,27,29,31-32,34-35,37-38,55,58,64-65H,7-9,11-12,14-18,20-21,23-26,28,30,33,36,39-54,56-57,59-63H2,1-6H3,(H-,68,70,72,73)/b13-10-,22-19-,29-27-,32-31-,35-34-,38-37-,58-55-. The number of likely N-dealkylation sites (N-methyl/N-ethyl adjacent to an activating group) is 1. The molecular formula is C67H121N2O7P. The Labute approximate surface area is 476 Å². The third-order valence-electron chi connectivity index (χ3n) is 13.8. The molecule has 1 N–H and O–H groups in total. The second-order valence-electron chi connectivity index (χ2n) is 22.5. The number of carbonyl (C=O) groups is 2. The van der Waals surface area contributed by atoms with E-state index in [1.807, 2.05) is 33.3 Å². The Hall–Kier alpha value is -2.81. The van der Waals surface area contributed by atoms with E-state index < -0.39 is 26.6 Å². The van der Waals surface area contributed by atoms with E-state index in [9.17, 15) is 19.0 Å². The summed E-state index contributed by atoms with van der Waals surface area (Å²) in [7, 11) is 1.17. The first-order valence-corrected chi connectivity index (χ1v) is 33.4. The minimum atomic E-state index is -4.70. The van der Waals surface area contributed by atoms with Gasteiger partial charge in [0.05, 0.1) is 33.8 Å². The molecule has 0 saturated carbocycles. The van der Waals surface area contributed by atoms with E-state index in [4.69, 9.17) is 13.8 Å². The monoisotopic (exact) mass is 1100 g/mol. The quantitative estimate of drug-likeness (QED) is 0.0212. The zero-order chi connectivity index (χ0) is 56.4. The van der Waals surface area contributed by atoms with Crippen LogP contribution in [0.3, 0.4) is 0 Å². The maximum atomic E-state index is 13.5. The average Bonchev–Trinajstić information content (AvgIpc) is 3.39. The second-order valence-corrected chi connectivity index (χ2v) is 23.9. The molecule has 0 rings (SSSR count). The number of amides is 1. The average molecular weight is 1100 g/mol. The SMILES string of the molecule is CC/C=C\C/C=C\C/C=C\C/C=C\C/C=C\C/C=C\CCCCCCCCC(=O)NC(COP(=O)([O-])OCC[N+](C)(C)C)C(/C=C\CCCCCCCCCCC)OC(=O)CCCCCCCCCCCCCCCCC. The van der Waals surface area contributed by atoms with Crippen LogP contribution in [-0.4, -0.2) is 69.4 Å². The van der Waals surface area contributed by atoms with Gasteiger partial charge in [-0.15, -0.1) is 0 Å². The predicted octanol–water partition coefficient (Wildman–Crippen LogP) is 19.1. The summed E-state index contributed by atoms with van der Waals surface area (Å²) in [5.74, 6) is -0.555. The molecule has 0 aliphatic heterocycles. The number of nitrogens with zero attached hydrogens (tertiary/aromatic N) is 1. The number of quaternary nitrogens is 1. The van der Waals surface area contributed by atoms with Crippen LogP contribution in [0.5, 0.6) is 0 Å². The van der Waals surface area contributed by atoms with Crippen LogP contribution in [0, 0.1) is 0 Å². The van der Waals surface area contributed by atoms with Gasteiger partial charge in [0.1, 0.15) is 19.3 Å². The van der Waals surface area contributed by atoms with E-state index in [0.29, 0.717) is 17.4 Å². The Kier molecular flexibility index (Phi) is 54.4. The Morgan fingerprint density at radius 2 is 0.831 bits per heavy atom. The number of nitrogens with one attached hydrogen (secondary N) is 1. The van der Waals surface area contributed by atoms with Crippen molar-refractivity contribution in [2.45, 2.75) is 290 Å². The lowest BCUT2D eigenvalue weighted by molar-refractivity contribution is -0.870. The molecule has 0 aliphatic carbocycles. The summed E-state index contributed by atoms with van der Waals surface area (Å²) in [6.45, 7) is 6.72. The van der Waals surface area contributed by atoms with Crippen molar-refractivity contribution < 1.29 is 37.3 Å². The fourth-order valence-corrected chi connectivity index (χ4v) is 9.66. The molecule has 9 nitrogen and oxygen atoms in total. The highest BCUT2D eigenvalue weighted by molar-refractivity contribution is 7.45. The largest absolute Gasteiger partial charge is 0.756 e. The lowest BCUT2D eigenvalue weighted by Crippen LogP contribution is -2.47. The molecule has 1 amide bonds. The molecule has 3 atom stereocenters. The Balaban J connectivity index is 5.16. The van der Waals surface area contributed by atoms with Crippen molar-refractivity contribution in [3.63, 3.8) is 0 Å². The molecular weight excluding hydrogens is 976 g/mol. The molecule has 0 aromatic carbocycles. The Bertz CT molecular complexity index is 1590. The van der Waals surface area contributed by atoms with Gasteiger partial charge in [-0.3, -0.25) is 14.2 Å². The summed E-state index contributed by atoms with van der Waals surface area (Å²) in [5.41, 5.74) is 0. The molecule has 77 heavy (non-hydrogen) atoms. The van der Waals surface area contributed by atoms with Gasteiger partial charge in [-0.2, -0.15) is 0 Å². The van der Waals surface area contributed by atoms with Crippen LogP contribution in [0.2, 0.25) is 0 Å². The van der Waals surface area contributed by atoms with Gasteiger partial charge in [0.15, 0.2) is 0 Å². The number of unbranched alkanes of at least 4 members (excludes halogenated alkanes) is 29. The molecule has 0 heterocycles. The van der Waals surface area contributed by atoms with Crippen molar-refractivity contribution in [3.8, 4) is 0 Å². The Morgan fingerprint density at radius 3 is 1.25 bits per heavy atom. The van der Waals surface area contributed by atoms with Gasteiger partial charge < -0.3 is 28.5 Å². The summed E-state index contributed by atoms with van der Waals surface area (Å²) in [6, 6.07) is -0.898. The van der Waals surface area contributed by atoms with Gasteiger partial charge in [-0.25, -0.2) is 0 Å². The summed E-state index contributed by atoms with van der Waals surface area (Å²) >= 11 is 0. The number of hydrogen-bond donors (Lipinski definition) is 1. The summed E-state index contributed by atoms with van der Waals surface area (Å²) < 4.78 is 30.3. The lowest BCUT2D eigenvalue weighted by atomic mass is 10.0. The number of phosphoric ester groups is 1. The van der Waals surface area contributed by atoms with Crippen molar-refractivity contribution in [2.24, 2.45) is 0 Å². The fraction of sp³-hybridized carbons (Fsp3) is 0.761. The van der Waals surface area contributed by atoms with Gasteiger partial charge in [-0.05, 0) is 83.1 Å². The lowest BCUT2D eigenvalue weighted by Gasteiger charge is -2.30. The van der Waals surface area contributed by atoms with Gasteiger partial charge in [0.2, 0.25) is 5.91 Å². The molecule has 0 saturated heterocycles. The van der Waals surface area contributed by atoms with Crippen LogP contribution >= 0.6 is 7.82 Å². The number of carbonyl (C=O) groups excluding carboxylic acids is 2. The van der Waals surface area contributed by atoms with Crippen LogP contribution < -0.4 is 10.2 Å². The van der Waals surface area contributed by atoms with E-state index >= 15 is 0 Å². The van der Waals surface area contributed by atoms with Gasteiger partial charge in [0.25, 0.3) is 7.82 Å².